The molecule has 0 saturated carbocycles. The summed E-state index contributed by atoms with van der Waals surface area (Å²) in [5, 5.41) is 0. The van der Waals surface area contributed by atoms with Gasteiger partial charge in [-0.3, -0.25) is 4.99 Å². The number of hydrogen-bond donors (Lipinski definition) is 0. The molecule has 0 saturated heterocycles. The van der Waals surface area contributed by atoms with E-state index in [0.29, 0.717) is 6.54 Å². The molecule has 0 radical (unpaired) electrons. The number of amidine groups is 1. The van der Waals surface area contributed by atoms with E-state index < -0.39 is 8.03 Å². The molecular weight excluding hydrogens is 175 g/mol. The predicted octanol–water partition coefficient (Wildman–Crippen LogP) is 0.213. The van der Waals surface area contributed by atoms with Crippen molar-refractivity contribution in [2.75, 3.05) is 25.8 Å². The van der Waals surface area contributed by atoms with Gasteiger partial charge in [0.1, 0.15) is 0 Å². The summed E-state index contributed by atoms with van der Waals surface area (Å²) in [5.74, 6) is 1.05. The Morgan fingerprint density at radius 3 is 3.08 bits per heavy atom. The Morgan fingerprint density at radius 1 is 1.75 bits per heavy atom. The lowest BCUT2D eigenvalue weighted by atomic mass is 10.4. The van der Waals surface area contributed by atoms with Crippen LogP contribution < -0.4 is 4.89 Å². The van der Waals surface area contributed by atoms with Gasteiger partial charge in [-0.15, -0.1) is 0 Å². The largest absolute Gasteiger partial charge is 0.596 e. The first-order valence-electron chi connectivity index (χ1n) is 4.14. The van der Waals surface area contributed by atoms with E-state index in [-0.39, 0.29) is 6.16 Å². The van der Waals surface area contributed by atoms with Crippen LogP contribution in [0.4, 0.5) is 0 Å². The molecule has 0 aliphatic carbocycles. The molecule has 1 aliphatic rings. The van der Waals surface area contributed by atoms with Crippen molar-refractivity contribution < 1.29 is 9.46 Å². The third kappa shape index (κ3) is 2.54. The van der Waals surface area contributed by atoms with E-state index in [1.54, 1.807) is 0 Å². The van der Waals surface area contributed by atoms with Crippen LogP contribution in [0.5, 0.6) is 0 Å². The van der Waals surface area contributed by atoms with Gasteiger partial charge in [0.15, 0.2) is 6.16 Å². The zero-order chi connectivity index (χ0) is 8.97. The second kappa shape index (κ2) is 4.53. The monoisotopic (exact) mass is 188 g/mol. The van der Waals surface area contributed by atoms with Crippen LogP contribution in [0.2, 0.25) is 0 Å². The number of aliphatic imine (C=N–C) groups is 1. The molecule has 0 bridgehead atoms. The summed E-state index contributed by atoms with van der Waals surface area (Å²) in [6.45, 7) is 4.34. The van der Waals surface area contributed by atoms with Crippen molar-refractivity contribution >= 4 is 13.9 Å². The average molecular weight is 188 g/mol. The number of rotatable bonds is 4. The summed E-state index contributed by atoms with van der Waals surface area (Å²) in [6, 6.07) is 0. The van der Waals surface area contributed by atoms with E-state index in [2.05, 4.69) is 4.99 Å². The predicted molar refractivity (Wildman–Crippen MR) is 46.6 cm³/mol. The van der Waals surface area contributed by atoms with Crippen molar-refractivity contribution in [1.82, 2.24) is 4.90 Å². The molecule has 4 nitrogen and oxygen atoms in total. The first-order chi connectivity index (χ1) is 5.74. The van der Waals surface area contributed by atoms with Gasteiger partial charge in [-0.05, 0) is 0 Å². The Labute approximate surface area is 73.2 Å². The van der Waals surface area contributed by atoms with Gasteiger partial charge in [-0.2, -0.15) is 0 Å². The van der Waals surface area contributed by atoms with Gasteiger partial charge in [0, 0.05) is 13.0 Å². The standard InChI is InChI=1S/C7H13N2O2P/c1-2-7-8-3-4-9(7)5-6-12(10)11/h2-6H2,1H3. The highest BCUT2D eigenvalue weighted by Gasteiger charge is 2.16. The Morgan fingerprint density at radius 2 is 2.50 bits per heavy atom. The highest BCUT2D eigenvalue weighted by Crippen LogP contribution is 2.10. The van der Waals surface area contributed by atoms with Gasteiger partial charge in [0.2, 0.25) is 0 Å². The molecule has 12 heavy (non-hydrogen) atoms. The molecule has 0 spiro atoms. The lowest BCUT2D eigenvalue weighted by Crippen LogP contribution is -2.29. The van der Waals surface area contributed by atoms with Crippen molar-refractivity contribution in [3.8, 4) is 0 Å². The van der Waals surface area contributed by atoms with Gasteiger partial charge >= 0.3 is 8.03 Å². The molecule has 1 rings (SSSR count). The first-order valence-corrected chi connectivity index (χ1v) is 5.50. The van der Waals surface area contributed by atoms with E-state index in [4.69, 9.17) is 0 Å². The molecular formula is C7H13N2O2P. The maximum absolute atomic E-state index is 10.3. The van der Waals surface area contributed by atoms with Crippen molar-refractivity contribution in [2.24, 2.45) is 4.99 Å². The lowest BCUT2D eigenvalue weighted by molar-refractivity contribution is -0.164. The molecule has 0 N–H and O–H groups in total. The normalized spacial score (nSPS) is 18.0. The fourth-order valence-electron chi connectivity index (χ4n) is 1.31. The molecule has 0 aromatic heterocycles. The second-order valence-electron chi connectivity index (χ2n) is 2.69. The van der Waals surface area contributed by atoms with Crippen LogP contribution in [0.3, 0.4) is 0 Å². The highest BCUT2D eigenvalue weighted by molar-refractivity contribution is 7.36. The van der Waals surface area contributed by atoms with E-state index in [0.717, 1.165) is 25.3 Å². The fourth-order valence-corrected chi connectivity index (χ4v) is 1.71. The summed E-state index contributed by atoms with van der Waals surface area (Å²) in [5.41, 5.74) is 0. The first kappa shape index (κ1) is 9.62. The number of hydrogen-bond acceptors (Lipinski definition) is 4. The van der Waals surface area contributed by atoms with Crippen molar-refractivity contribution in [2.45, 2.75) is 13.3 Å². The van der Waals surface area contributed by atoms with Crippen LogP contribution in [-0.4, -0.2) is 36.5 Å². The third-order valence-electron chi connectivity index (χ3n) is 1.90. The quantitative estimate of drug-likeness (QED) is 0.593. The third-order valence-corrected chi connectivity index (χ3v) is 2.46. The summed E-state index contributed by atoms with van der Waals surface area (Å²) < 4.78 is 10.3. The maximum Gasteiger partial charge on any atom is 0.310 e. The van der Waals surface area contributed by atoms with Gasteiger partial charge in [-0.1, -0.05) is 11.5 Å². The zero-order valence-corrected chi connectivity index (χ0v) is 8.09. The van der Waals surface area contributed by atoms with Crippen LogP contribution in [-0.2, 0) is 4.57 Å². The summed E-state index contributed by atoms with van der Waals surface area (Å²) in [4.78, 5) is 16.6. The molecule has 0 aromatic carbocycles. The molecule has 0 aromatic rings. The van der Waals surface area contributed by atoms with Crippen LogP contribution >= 0.6 is 8.03 Å². The van der Waals surface area contributed by atoms with E-state index in [1.165, 1.54) is 0 Å². The minimum atomic E-state index is -2.24. The Kier molecular flexibility index (Phi) is 3.63. The lowest BCUT2D eigenvalue weighted by Gasteiger charge is -2.16. The van der Waals surface area contributed by atoms with Gasteiger partial charge in [0.05, 0.1) is 18.9 Å². The van der Waals surface area contributed by atoms with Crippen LogP contribution in [0.1, 0.15) is 13.3 Å². The van der Waals surface area contributed by atoms with E-state index >= 15 is 0 Å². The molecule has 0 fully saturated rings. The van der Waals surface area contributed by atoms with Crippen LogP contribution in [0.15, 0.2) is 4.99 Å². The molecule has 5 heteroatoms. The van der Waals surface area contributed by atoms with Crippen LogP contribution in [0.25, 0.3) is 0 Å². The molecule has 1 heterocycles. The minimum Gasteiger partial charge on any atom is -0.596 e. The molecule has 1 unspecified atom stereocenters. The van der Waals surface area contributed by atoms with Crippen molar-refractivity contribution in [3.05, 3.63) is 0 Å². The highest BCUT2D eigenvalue weighted by atomic mass is 31.1. The number of nitrogens with zero attached hydrogens (tertiary/aromatic N) is 2. The summed E-state index contributed by atoms with van der Waals surface area (Å²) >= 11 is 0. The van der Waals surface area contributed by atoms with Crippen LogP contribution in [0, 0.1) is 0 Å². The molecule has 68 valence electrons. The summed E-state index contributed by atoms with van der Waals surface area (Å²) in [6.07, 6.45) is 1.14. The van der Waals surface area contributed by atoms with Gasteiger partial charge < -0.3 is 9.79 Å². The Hall–Kier alpha value is -0.470. The van der Waals surface area contributed by atoms with Gasteiger partial charge in [-0.25, -0.2) is 0 Å². The van der Waals surface area contributed by atoms with E-state index in [9.17, 15) is 9.46 Å². The summed E-state index contributed by atoms with van der Waals surface area (Å²) in [7, 11) is -2.24. The Balaban J connectivity index is 2.33. The fraction of sp³-hybridized carbons (Fsp3) is 0.857. The zero-order valence-electron chi connectivity index (χ0n) is 7.19. The molecule has 0 amide bonds. The van der Waals surface area contributed by atoms with E-state index in [1.807, 2.05) is 11.8 Å². The second-order valence-corrected chi connectivity index (χ2v) is 3.81. The van der Waals surface area contributed by atoms with Crippen molar-refractivity contribution in [3.63, 3.8) is 0 Å². The smallest absolute Gasteiger partial charge is 0.310 e. The van der Waals surface area contributed by atoms with Gasteiger partial charge in [0.25, 0.3) is 0 Å². The molecule has 1 atom stereocenters. The topological polar surface area (TPSA) is 55.7 Å². The average Bonchev–Trinajstić information content (AvgIpc) is 2.47. The van der Waals surface area contributed by atoms with Crippen molar-refractivity contribution in [1.29, 1.82) is 0 Å². The maximum atomic E-state index is 10.3. The minimum absolute atomic E-state index is 0.244. The molecule has 1 aliphatic heterocycles. The Bertz CT molecular complexity index is 206. The SMILES string of the molecule is CCC1=NCCN1CC[P+](=O)[O-].